The molecule has 2 aromatic rings. The molecule has 0 aromatic heterocycles. The van der Waals surface area contributed by atoms with Gasteiger partial charge < -0.3 is 20.3 Å². The fourth-order valence-electron chi connectivity index (χ4n) is 3.12. The van der Waals surface area contributed by atoms with Crippen molar-refractivity contribution in [3.8, 4) is 5.75 Å². The summed E-state index contributed by atoms with van der Waals surface area (Å²) in [6.07, 6.45) is 0.826. The molecule has 1 atom stereocenters. The second-order valence-corrected chi connectivity index (χ2v) is 6.32. The van der Waals surface area contributed by atoms with Crippen molar-refractivity contribution in [3.05, 3.63) is 48.0 Å². The summed E-state index contributed by atoms with van der Waals surface area (Å²) in [4.78, 5) is 25.9. The van der Waals surface area contributed by atoms with Crippen LogP contribution in [0.15, 0.2) is 42.5 Å². The van der Waals surface area contributed by atoms with Crippen molar-refractivity contribution in [2.75, 3.05) is 29.2 Å². The van der Waals surface area contributed by atoms with Crippen LogP contribution in [-0.4, -0.2) is 31.5 Å². The number of para-hydroxylation sites is 2. The molecular formula is C20H23N3O3. The maximum absolute atomic E-state index is 12.5. The summed E-state index contributed by atoms with van der Waals surface area (Å²) in [5.41, 5.74) is 3.56. The lowest BCUT2D eigenvalue weighted by molar-refractivity contribution is -0.117. The zero-order chi connectivity index (χ0) is 18.7. The van der Waals surface area contributed by atoms with Gasteiger partial charge in [-0.1, -0.05) is 12.1 Å². The van der Waals surface area contributed by atoms with Crippen LogP contribution in [0, 0.1) is 0 Å². The van der Waals surface area contributed by atoms with Crippen molar-refractivity contribution in [3.63, 3.8) is 0 Å². The molecule has 1 unspecified atom stereocenters. The average Bonchev–Trinajstić information content (AvgIpc) is 3.05. The van der Waals surface area contributed by atoms with Crippen LogP contribution >= 0.6 is 0 Å². The third kappa shape index (κ3) is 3.64. The highest BCUT2D eigenvalue weighted by molar-refractivity contribution is 5.98. The molecule has 6 nitrogen and oxygen atoms in total. The average molecular weight is 353 g/mol. The third-order valence-corrected chi connectivity index (χ3v) is 4.50. The molecule has 0 saturated carbocycles. The number of amides is 2. The molecule has 0 bridgehead atoms. The van der Waals surface area contributed by atoms with E-state index in [4.69, 9.17) is 4.74 Å². The van der Waals surface area contributed by atoms with Gasteiger partial charge in [-0.3, -0.25) is 9.59 Å². The molecule has 2 amide bonds. The van der Waals surface area contributed by atoms with Crippen molar-refractivity contribution in [2.45, 2.75) is 26.3 Å². The first-order valence-corrected chi connectivity index (χ1v) is 8.61. The molecule has 26 heavy (non-hydrogen) atoms. The van der Waals surface area contributed by atoms with Crippen LogP contribution in [0.5, 0.6) is 5.75 Å². The fraction of sp³-hybridized carbons (Fsp3) is 0.300. The number of nitrogens with zero attached hydrogens (tertiary/aromatic N) is 1. The Morgan fingerprint density at radius 3 is 2.69 bits per heavy atom. The van der Waals surface area contributed by atoms with E-state index in [9.17, 15) is 9.59 Å². The molecule has 0 fully saturated rings. The number of carbonyl (C=O) groups is 2. The lowest BCUT2D eigenvalue weighted by Crippen LogP contribution is -2.32. The van der Waals surface area contributed by atoms with E-state index < -0.39 is 6.04 Å². The summed E-state index contributed by atoms with van der Waals surface area (Å²) in [6, 6.07) is 12.7. The van der Waals surface area contributed by atoms with Crippen molar-refractivity contribution in [2.24, 2.45) is 0 Å². The molecule has 2 aromatic carbocycles. The van der Waals surface area contributed by atoms with Crippen LogP contribution < -0.4 is 20.3 Å². The molecule has 0 radical (unpaired) electrons. The van der Waals surface area contributed by atoms with Crippen LogP contribution in [0.4, 0.5) is 17.1 Å². The van der Waals surface area contributed by atoms with E-state index in [0.717, 1.165) is 23.4 Å². The summed E-state index contributed by atoms with van der Waals surface area (Å²) in [7, 11) is 1.57. The first-order valence-electron chi connectivity index (χ1n) is 8.61. The summed E-state index contributed by atoms with van der Waals surface area (Å²) in [5.74, 6) is 0.518. The lowest BCUT2D eigenvalue weighted by Gasteiger charge is -2.18. The minimum Gasteiger partial charge on any atom is -0.495 e. The smallest absolute Gasteiger partial charge is 0.246 e. The molecule has 1 aliphatic heterocycles. The Hall–Kier alpha value is -3.02. The largest absolute Gasteiger partial charge is 0.495 e. The van der Waals surface area contributed by atoms with E-state index in [1.807, 2.05) is 30.3 Å². The highest BCUT2D eigenvalue weighted by Crippen LogP contribution is 2.31. The number of hydrogen-bond acceptors (Lipinski definition) is 4. The number of methoxy groups -OCH3 is 1. The summed E-state index contributed by atoms with van der Waals surface area (Å²) in [5, 5.41) is 6.09. The van der Waals surface area contributed by atoms with Crippen molar-refractivity contribution < 1.29 is 14.3 Å². The van der Waals surface area contributed by atoms with Crippen LogP contribution in [0.2, 0.25) is 0 Å². The van der Waals surface area contributed by atoms with Gasteiger partial charge in [-0.2, -0.15) is 0 Å². The maximum Gasteiger partial charge on any atom is 0.246 e. The molecule has 0 aliphatic carbocycles. The quantitative estimate of drug-likeness (QED) is 0.867. The Kier molecular flexibility index (Phi) is 5.11. The van der Waals surface area contributed by atoms with Crippen LogP contribution in [0.25, 0.3) is 0 Å². The van der Waals surface area contributed by atoms with Gasteiger partial charge in [0.1, 0.15) is 11.8 Å². The lowest BCUT2D eigenvalue weighted by atomic mass is 10.1. The van der Waals surface area contributed by atoms with Gasteiger partial charge in [0.15, 0.2) is 0 Å². The van der Waals surface area contributed by atoms with Crippen molar-refractivity contribution in [1.82, 2.24) is 0 Å². The monoisotopic (exact) mass is 353 g/mol. The van der Waals surface area contributed by atoms with Gasteiger partial charge in [-0.05, 0) is 49.2 Å². The zero-order valence-corrected chi connectivity index (χ0v) is 15.2. The number of carbonyl (C=O) groups excluding carboxylic acids is 2. The van der Waals surface area contributed by atoms with E-state index in [-0.39, 0.29) is 11.8 Å². The van der Waals surface area contributed by atoms with Crippen molar-refractivity contribution in [1.29, 1.82) is 0 Å². The minimum atomic E-state index is -0.428. The molecule has 3 rings (SSSR count). The standard InChI is InChI=1S/C20H23N3O3/c1-13(20(25)22-17-6-4-5-7-19(17)26-3)21-16-8-9-18-15(12-16)10-11-23(18)14(2)24/h4-9,12-13,21H,10-11H2,1-3H3,(H,22,25). The molecule has 0 spiro atoms. The number of rotatable bonds is 5. The van der Waals surface area contributed by atoms with Gasteiger partial charge in [-0.15, -0.1) is 0 Å². The van der Waals surface area contributed by atoms with Crippen molar-refractivity contribution >= 4 is 28.9 Å². The number of anilines is 3. The first-order chi connectivity index (χ1) is 12.5. The molecule has 2 N–H and O–H groups in total. The number of hydrogen-bond donors (Lipinski definition) is 2. The predicted molar refractivity (Wildman–Crippen MR) is 103 cm³/mol. The van der Waals surface area contributed by atoms with E-state index >= 15 is 0 Å². The molecule has 0 saturated heterocycles. The first kappa shape index (κ1) is 17.8. The van der Waals surface area contributed by atoms with E-state index in [2.05, 4.69) is 10.6 Å². The van der Waals surface area contributed by atoms with Gasteiger partial charge in [0, 0.05) is 24.8 Å². The Labute approximate surface area is 153 Å². The van der Waals surface area contributed by atoms with Gasteiger partial charge in [0.2, 0.25) is 11.8 Å². The van der Waals surface area contributed by atoms with Crippen LogP contribution in [-0.2, 0) is 16.0 Å². The third-order valence-electron chi connectivity index (χ3n) is 4.50. The summed E-state index contributed by atoms with van der Waals surface area (Å²) in [6.45, 7) is 4.09. The number of ether oxygens (including phenoxy) is 1. The Morgan fingerprint density at radius 1 is 1.19 bits per heavy atom. The van der Waals surface area contributed by atoms with Gasteiger partial charge in [0.25, 0.3) is 0 Å². The predicted octanol–water partition coefficient (Wildman–Crippen LogP) is 3.04. The van der Waals surface area contributed by atoms with Crippen LogP contribution in [0.1, 0.15) is 19.4 Å². The van der Waals surface area contributed by atoms with E-state index in [1.54, 1.807) is 38.0 Å². The molecule has 6 heteroatoms. The Balaban J connectivity index is 1.67. The number of fused-ring (bicyclic) bond motifs is 1. The van der Waals surface area contributed by atoms with Gasteiger partial charge >= 0.3 is 0 Å². The number of nitrogens with one attached hydrogen (secondary N) is 2. The Morgan fingerprint density at radius 2 is 1.96 bits per heavy atom. The molecular weight excluding hydrogens is 330 g/mol. The SMILES string of the molecule is COc1ccccc1NC(=O)C(C)Nc1ccc2c(c1)CCN2C(C)=O. The second-order valence-electron chi connectivity index (χ2n) is 6.32. The van der Waals surface area contributed by atoms with E-state index in [0.29, 0.717) is 18.0 Å². The molecule has 136 valence electrons. The zero-order valence-electron chi connectivity index (χ0n) is 15.2. The summed E-state index contributed by atoms with van der Waals surface area (Å²) < 4.78 is 5.26. The Bertz CT molecular complexity index is 835. The van der Waals surface area contributed by atoms with Gasteiger partial charge in [0.05, 0.1) is 12.8 Å². The van der Waals surface area contributed by atoms with E-state index in [1.165, 1.54) is 0 Å². The topological polar surface area (TPSA) is 70.7 Å². The second kappa shape index (κ2) is 7.47. The van der Waals surface area contributed by atoms with Crippen LogP contribution in [0.3, 0.4) is 0 Å². The normalized spacial score (nSPS) is 13.7. The summed E-state index contributed by atoms with van der Waals surface area (Å²) >= 11 is 0. The minimum absolute atomic E-state index is 0.0500. The highest BCUT2D eigenvalue weighted by Gasteiger charge is 2.23. The molecule has 1 aliphatic rings. The highest BCUT2D eigenvalue weighted by atomic mass is 16.5. The fourth-order valence-corrected chi connectivity index (χ4v) is 3.12. The number of benzene rings is 2. The maximum atomic E-state index is 12.5. The van der Waals surface area contributed by atoms with Gasteiger partial charge in [-0.25, -0.2) is 0 Å². The molecule has 1 heterocycles.